The van der Waals surface area contributed by atoms with Crippen LogP contribution < -0.4 is 10.3 Å². The number of nitrogens with zero attached hydrogens (tertiary/aromatic N) is 3. The predicted octanol–water partition coefficient (Wildman–Crippen LogP) is 3.47. The van der Waals surface area contributed by atoms with Crippen LogP contribution in [0.3, 0.4) is 0 Å². The molecule has 0 radical (unpaired) electrons. The molecule has 0 unspecified atom stereocenters. The third-order valence-corrected chi connectivity index (χ3v) is 5.39. The summed E-state index contributed by atoms with van der Waals surface area (Å²) in [6.07, 6.45) is 2.40. The molecule has 0 spiro atoms. The number of halogens is 1. The van der Waals surface area contributed by atoms with Crippen molar-refractivity contribution in [1.29, 1.82) is 0 Å². The number of ether oxygens (including phenoxy) is 1. The van der Waals surface area contributed by atoms with E-state index in [1.54, 1.807) is 13.3 Å². The third-order valence-electron chi connectivity index (χ3n) is 4.96. The van der Waals surface area contributed by atoms with Crippen LogP contribution in [0.5, 0.6) is 5.88 Å². The van der Waals surface area contributed by atoms with Crippen molar-refractivity contribution in [3.8, 4) is 17.3 Å². The van der Waals surface area contributed by atoms with Crippen molar-refractivity contribution in [1.82, 2.24) is 19.9 Å². The van der Waals surface area contributed by atoms with Crippen molar-refractivity contribution in [3.63, 3.8) is 0 Å². The number of aryl methyl sites for hydroxylation is 1. The highest BCUT2D eigenvalue weighted by atomic mass is 79.9. The molecule has 1 aromatic carbocycles. The topological polar surface area (TPSA) is 71.1 Å². The smallest absolute Gasteiger partial charge is 0.254 e. The first-order valence-electron chi connectivity index (χ1n) is 9.13. The van der Waals surface area contributed by atoms with Gasteiger partial charge in [-0.05, 0) is 35.3 Å². The molecule has 6 nitrogen and oxygen atoms in total. The number of H-pyrrole nitrogens is 1. The number of hydrogen-bond acceptors (Lipinski definition) is 5. The van der Waals surface area contributed by atoms with Gasteiger partial charge in [0.25, 0.3) is 5.56 Å². The molecule has 0 saturated heterocycles. The Morgan fingerprint density at radius 2 is 2.07 bits per heavy atom. The molecule has 1 N–H and O–H groups in total. The monoisotopic (exact) mass is 440 g/mol. The largest absolute Gasteiger partial charge is 0.481 e. The average molecular weight is 441 g/mol. The van der Waals surface area contributed by atoms with Crippen LogP contribution in [0.4, 0.5) is 0 Å². The SMILES string of the molecule is COc1ncc(Br)cc1CN1CCc2c(nc(-c3ccc(C)cc3)[nH]c2=O)C1. The van der Waals surface area contributed by atoms with E-state index in [1.807, 2.05) is 37.3 Å². The minimum Gasteiger partial charge on any atom is -0.481 e. The summed E-state index contributed by atoms with van der Waals surface area (Å²) in [4.78, 5) is 26.9. The van der Waals surface area contributed by atoms with Gasteiger partial charge in [-0.1, -0.05) is 29.8 Å². The molecular formula is C21H21BrN4O2. The number of rotatable bonds is 4. The minimum atomic E-state index is -0.0399. The van der Waals surface area contributed by atoms with E-state index < -0.39 is 0 Å². The van der Waals surface area contributed by atoms with Gasteiger partial charge in [-0.3, -0.25) is 9.69 Å². The van der Waals surface area contributed by atoms with Gasteiger partial charge in [-0.2, -0.15) is 0 Å². The summed E-state index contributed by atoms with van der Waals surface area (Å²) in [7, 11) is 1.63. The second-order valence-corrected chi connectivity index (χ2v) is 7.90. The Bertz CT molecular complexity index is 1060. The van der Waals surface area contributed by atoms with Crippen LogP contribution in [0, 0.1) is 6.92 Å². The Hall–Kier alpha value is -2.51. The standard InChI is InChI=1S/C21H21BrN4O2/c1-13-3-5-14(6-4-13)19-24-18-12-26(8-7-17(18)20(27)25-19)11-15-9-16(22)10-23-21(15)28-2/h3-6,9-10H,7-8,11-12H2,1-2H3,(H,24,25,27). The van der Waals surface area contributed by atoms with Crippen molar-refractivity contribution in [2.45, 2.75) is 26.4 Å². The maximum atomic E-state index is 12.6. The Morgan fingerprint density at radius 3 is 2.82 bits per heavy atom. The molecule has 0 amide bonds. The number of pyridine rings is 1. The molecule has 0 fully saturated rings. The lowest BCUT2D eigenvalue weighted by molar-refractivity contribution is 0.236. The Morgan fingerprint density at radius 1 is 1.29 bits per heavy atom. The number of aromatic amines is 1. The van der Waals surface area contributed by atoms with E-state index in [2.05, 4.69) is 30.8 Å². The second kappa shape index (κ2) is 7.85. The van der Waals surface area contributed by atoms with Crippen LogP contribution in [0.2, 0.25) is 0 Å². The number of fused-ring (bicyclic) bond motifs is 1. The van der Waals surface area contributed by atoms with Gasteiger partial charge >= 0.3 is 0 Å². The molecule has 28 heavy (non-hydrogen) atoms. The van der Waals surface area contributed by atoms with E-state index in [0.29, 0.717) is 31.2 Å². The zero-order chi connectivity index (χ0) is 19.7. The minimum absolute atomic E-state index is 0.0399. The number of aromatic nitrogens is 3. The van der Waals surface area contributed by atoms with Gasteiger partial charge in [-0.15, -0.1) is 0 Å². The molecule has 0 aliphatic carbocycles. The molecule has 4 rings (SSSR count). The lowest BCUT2D eigenvalue weighted by Gasteiger charge is -2.28. The quantitative estimate of drug-likeness (QED) is 0.672. The fourth-order valence-corrected chi connectivity index (χ4v) is 3.86. The molecule has 0 atom stereocenters. The van der Waals surface area contributed by atoms with Crippen molar-refractivity contribution < 1.29 is 4.74 Å². The van der Waals surface area contributed by atoms with Gasteiger partial charge in [0, 0.05) is 47.0 Å². The lowest BCUT2D eigenvalue weighted by atomic mass is 10.0. The molecular weight excluding hydrogens is 420 g/mol. The molecule has 2 aromatic heterocycles. The summed E-state index contributed by atoms with van der Waals surface area (Å²) in [5.74, 6) is 1.24. The van der Waals surface area contributed by atoms with Gasteiger partial charge in [-0.25, -0.2) is 9.97 Å². The first-order valence-corrected chi connectivity index (χ1v) is 9.92. The van der Waals surface area contributed by atoms with Gasteiger partial charge < -0.3 is 9.72 Å². The third kappa shape index (κ3) is 3.86. The van der Waals surface area contributed by atoms with Gasteiger partial charge in [0.2, 0.25) is 5.88 Å². The first-order chi connectivity index (χ1) is 13.5. The lowest BCUT2D eigenvalue weighted by Crippen LogP contribution is -2.35. The molecule has 1 aliphatic heterocycles. The molecule has 7 heteroatoms. The molecule has 3 heterocycles. The van der Waals surface area contributed by atoms with E-state index in [0.717, 1.165) is 33.4 Å². The first kappa shape index (κ1) is 18.8. The highest BCUT2D eigenvalue weighted by molar-refractivity contribution is 9.10. The van der Waals surface area contributed by atoms with Gasteiger partial charge in [0.05, 0.1) is 12.8 Å². The van der Waals surface area contributed by atoms with E-state index in [4.69, 9.17) is 9.72 Å². The van der Waals surface area contributed by atoms with Crippen LogP contribution >= 0.6 is 15.9 Å². The maximum absolute atomic E-state index is 12.6. The maximum Gasteiger partial charge on any atom is 0.254 e. The number of methoxy groups -OCH3 is 1. The summed E-state index contributed by atoms with van der Waals surface area (Å²) in [6.45, 7) is 4.13. The summed E-state index contributed by atoms with van der Waals surface area (Å²) in [6, 6.07) is 10.0. The normalized spacial score (nSPS) is 14.0. The highest BCUT2D eigenvalue weighted by Gasteiger charge is 2.22. The van der Waals surface area contributed by atoms with Crippen molar-refractivity contribution >= 4 is 15.9 Å². The summed E-state index contributed by atoms with van der Waals surface area (Å²) >= 11 is 3.47. The molecule has 1 aliphatic rings. The average Bonchev–Trinajstić information content (AvgIpc) is 2.68. The van der Waals surface area contributed by atoms with Crippen molar-refractivity contribution in [2.24, 2.45) is 0 Å². The molecule has 0 bridgehead atoms. The fraction of sp³-hybridized carbons (Fsp3) is 0.286. The Balaban J connectivity index is 1.62. The highest BCUT2D eigenvalue weighted by Crippen LogP contribution is 2.24. The van der Waals surface area contributed by atoms with E-state index in [-0.39, 0.29) is 5.56 Å². The van der Waals surface area contributed by atoms with Gasteiger partial charge in [0.15, 0.2) is 0 Å². The Kier molecular flexibility index (Phi) is 5.28. The van der Waals surface area contributed by atoms with Crippen LogP contribution in [0.15, 0.2) is 45.8 Å². The molecule has 0 saturated carbocycles. The van der Waals surface area contributed by atoms with E-state index >= 15 is 0 Å². The summed E-state index contributed by atoms with van der Waals surface area (Å²) < 4.78 is 6.30. The van der Waals surface area contributed by atoms with Crippen LogP contribution in [0.1, 0.15) is 22.4 Å². The summed E-state index contributed by atoms with van der Waals surface area (Å²) in [5, 5.41) is 0. The fourth-order valence-electron chi connectivity index (χ4n) is 3.48. The number of hydrogen-bond donors (Lipinski definition) is 1. The number of benzene rings is 1. The Labute approximate surface area is 171 Å². The van der Waals surface area contributed by atoms with Crippen molar-refractivity contribution in [3.05, 3.63) is 73.7 Å². The van der Waals surface area contributed by atoms with Crippen molar-refractivity contribution in [2.75, 3.05) is 13.7 Å². The summed E-state index contributed by atoms with van der Waals surface area (Å²) in [5.41, 5.74) is 4.68. The zero-order valence-electron chi connectivity index (χ0n) is 15.8. The zero-order valence-corrected chi connectivity index (χ0v) is 17.4. The van der Waals surface area contributed by atoms with E-state index in [1.165, 1.54) is 5.56 Å². The second-order valence-electron chi connectivity index (χ2n) is 6.99. The van der Waals surface area contributed by atoms with Crippen LogP contribution in [-0.2, 0) is 19.5 Å². The van der Waals surface area contributed by atoms with E-state index in [9.17, 15) is 4.79 Å². The van der Waals surface area contributed by atoms with Crippen LogP contribution in [0.25, 0.3) is 11.4 Å². The van der Waals surface area contributed by atoms with Gasteiger partial charge in [0.1, 0.15) is 5.82 Å². The molecule has 3 aromatic rings. The van der Waals surface area contributed by atoms with Crippen LogP contribution in [-0.4, -0.2) is 33.5 Å². The molecule has 144 valence electrons. The number of nitrogens with one attached hydrogen (secondary N) is 1. The predicted molar refractivity (Wildman–Crippen MR) is 111 cm³/mol.